The topological polar surface area (TPSA) is 67.6 Å². The van der Waals surface area contributed by atoms with E-state index in [0.717, 1.165) is 11.4 Å². The minimum absolute atomic E-state index is 0.357. The van der Waals surface area contributed by atoms with Gasteiger partial charge in [-0.15, -0.1) is 0 Å². The van der Waals surface area contributed by atoms with Crippen LogP contribution in [0, 0.1) is 11.3 Å². The van der Waals surface area contributed by atoms with E-state index in [1.807, 2.05) is 36.5 Å². The molecule has 1 atom stereocenters. The normalized spacial score (nSPS) is 13.9. The van der Waals surface area contributed by atoms with Crippen LogP contribution in [0.15, 0.2) is 42.7 Å². The van der Waals surface area contributed by atoms with E-state index in [1.165, 1.54) is 0 Å². The van der Waals surface area contributed by atoms with Crippen molar-refractivity contribution in [2.45, 2.75) is 38.3 Å². The van der Waals surface area contributed by atoms with Crippen molar-refractivity contribution >= 4 is 0 Å². The van der Waals surface area contributed by atoms with E-state index in [-0.39, 0.29) is 0 Å². The Kier molecular flexibility index (Phi) is 4.21. The second-order valence-electron chi connectivity index (χ2n) is 5.33. The number of hydrogen-bond donors (Lipinski definition) is 1. The molecule has 0 saturated carbocycles. The van der Waals surface area contributed by atoms with E-state index in [9.17, 15) is 5.26 Å². The lowest BCUT2D eigenvalue weighted by molar-refractivity contribution is 0.461. The minimum Gasteiger partial charge on any atom is -0.335 e. The van der Waals surface area contributed by atoms with Crippen LogP contribution in [-0.4, -0.2) is 9.55 Å². The largest absolute Gasteiger partial charge is 0.335 e. The maximum Gasteiger partial charge on any atom is 0.131 e. The Morgan fingerprint density at radius 3 is 2.65 bits per heavy atom. The fourth-order valence-electron chi connectivity index (χ4n) is 2.31. The molecule has 0 radical (unpaired) electrons. The van der Waals surface area contributed by atoms with Gasteiger partial charge in [0.2, 0.25) is 0 Å². The van der Waals surface area contributed by atoms with E-state index in [1.54, 1.807) is 6.20 Å². The lowest BCUT2D eigenvalue weighted by Gasteiger charge is -2.23. The van der Waals surface area contributed by atoms with Gasteiger partial charge in [0.05, 0.1) is 6.07 Å². The Bertz CT molecular complexity index is 594. The van der Waals surface area contributed by atoms with Crippen LogP contribution in [0.1, 0.15) is 37.6 Å². The van der Waals surface area contributed by atoms with Gasteiger partial charge in [0.25, 0.3) is 0 Å². The third kappa shape index (κ3) is 2.89. The van der Waals surface area contributed by atoms with Gasteiger partial charge in [-0.3, -0.25) is 0 Å². The highest BCUT2D eigenvalue weighted by atomic mass is 15.1. The molecule has 0 amide bonds. The van der Waals surface area contributed by atoms with Crippen molar-refractivity contribution in [2.75, 3.05) is 0 Å². The molecule has 2 aromatic rings. The van der Waals surface area contributed by atoms with Gasteiger partial charge in [-0.2, -0.15) is 5.26 Å². The van der Waals surface area contributed by atoms with Gasteiger partial charge >= 0.3 is 0 Å². The molecule has 0 spiro atoms. The number of aryl methyl sites for hydroxylation is 1. The molecule has 2 N–H and O–H groups in total. The summed E-state index contributed by atoms with van der Waals surface area (Å²) in [6.07, 6.45) is 4.30. The summed E-state index contributed by atoms with van der Waals surface area (Å²) in [6.45, 7) is 4.90. The molecule has 0 fully saturated rings. The Morgan fingerprint density at radius 2 is 2.05 bits per heavy atom. The molecule has 4 heteroatoms. The number of nitrogens with two attached hydrogens (primary N) is 1. The maximum atomic E-state index is 9.45. The predicted octanol–water partition coefficient (Wildman–Crippen LogP) is 2.77. The summed E-state index contributed by atoms with van der Waals surface area (Å²) in [4.78, 5) is 4.35. The number of nitriles is 1. The number of aromatic nitrogens is 2. The van der Waals surface area contributed by atoms with Crippen molar-refractivity contribution in [3.63, 3.8) is 0 Å². The Morgan fingerprint density at radius 1 is 1.35 bits per heavy atom. The molecular weight excluding hydrogens is 248 g/mol. The fourth-order valence-corrected chi connectivity index (χ4v) is 2.31. The Hall–Kier alpha value is -2.12. The summed E-state index contributed by atoms with van der Waals surface area (Å²) in [5.41, 5.74) is 6.16. The Balaban J connectivity index is 2.16. The predicted molar refractivity (Wildman–Crippen MR) is 78.9 cm³/mol. The van der Waals surface area contributed by atoms with E-state index < -0.39 is 5.54 Å². The van der Waals surface area contributed by atoms with E-state index >= 15 is 0 Å². The molecule has 0 bridgehead atoms. The van der Waals surface area contributed by atoms with Crippen LogP contribution in [0.5, 0.6) is 0 Å². The van der Waals surface area contributed by atoms with Gasteiger partial charge in [0, 0.05) is 31.3 Å². The molecule has 0 aliphatic heterocycles. The number of nitrogens with zero attached hydrogens (tertiary/aromatic N) is 3. The van der Waals surface area contributed by atoms with Crippen molar-refractivity contribution in [3.05, 3.63) is 54.1 Å². The molecular formula is C16H20N4. The summed E-state index contributed by atoms with van der Waals surface area (Å²) in [5, 5.41) is 9.45. The molecule has 1 aromatic heterocycles. The molecule has 1 heterocycles. The quantitative estimate of drug-likeness (QED) is 0.906. The molecule has 1 aromatic carbocycles. The van der Waals surface area contributed by atoms with Gasteiger partial charge in [-0.05, 0) is 5.56 Å². The molecule has 20 heavy (non-hydrogen) atoms. The van der Waals surface area contributed by atoms with Gasteiger partial charge in [-0.25, -0.2) is 4.98 Å². The second-order valence-corrected chi connectivity index (χ2v) is 5.33. The van der Waals surface area contributed by atoms with Crippen LogP contribution in [0.3, 0.4) is 0 Å². The second kappa shape index (κ2) is 5.89. The van der Waals surface area contributed by atoms with Crippen molar-refractivity contribution in [2.24, 2.45) is 5.73 Å². The summed E-state index contributed by atoms with van der Waals surface area (Å²) < 4.78 is 2.08. The highest BCUT2D eigenvalue weighted by Crippen LogP contribution is 2.23. The third-order valence-electron chi connectivity index (χ3n) is 3.50. The first-order valence-corrected chi connectivity index (χ1v) is 6.83. The SMILES string of the molecule is CC(C)c1nccn1CCC(N)(C#N)c1ccccc1. The molecule has 0 aliphatic carbocycles. The van der Waals surface area contributed by atoms with Gasteiger partial charge in [0.15, 0.2) is 0 Å². The van der Waals surface area contributed by atoms with Crippen molar-refractivity contribution < 1.29 is 0 Å². The zero-order valence-corrected chi connectivity index (χ0v) is 12.0. The zero-order chi connectivity index (χ0) is 14.6. The standard InChI is InChI=1S/C16H20N4/c1-13(2)15-19-9-11-20(15)10-8-16(18,12-17)14-6-4-3-5-7-14/h3-7,9,11,13H,8,10,18H2,1-2H3. The third-order valence-corrected chi connectivity index (χ3v) is 3.50. The van der Waals surface area contributed by atoms with Gasteiger partial charge < -0.3 is 10.3 Å². The monoisotopic (exact) mass is 268 g/mol. The molecule has 104 valence electrons. The molecule has 2 rings (SSSR count). The minimum atomic E-state index is -0.959. The molecule has 4 nitrogen and oxygen atoms in total. The highest BCUT2D eigenvalue weighted by molar-refractivity contribution is 5.30. The van der Waals surface area contributed by atoms with Crippen LogP contribution >= 0.6 is 0 Å². The van der Waals surface area contributed by atoms with Crippen LogP contribution in [-0.2, 0) is 12.1 Å². The average molecular weight is 268 g/mol. The smallest absolute Gasteiger partial charge is 0.131 e. The first-order valence-electron chi connectivity index (χ1n) is 6.83. The van der Waals surface area contributed by atoms with Crippen LogP contribution in [0.2, 0.25) is 0 Å². The molecule has 1 unspecified atom stereocenters. The average Bonchev–Trinajstić information content (AvgIpc) is 2.94. The maximum absolute atomic E-state index is 9.45. The molecule has 0 saturated heterocycles. The van der Waals surface area contributed by atoms with Gasteiger partial charge in [0.1, 0.15) is 11.4 Å². The number of rotatable bonds is 5. The summed E-state index contributed by atoms with van der Waals surface area (Å²) in [5.74, 6) is 1.38. The van der Waals surface area contributed by atoms with Crippen molar-refractivity contribution in [1.82, 2.24) is 9.55 Å². The van der Waals surface area contributed by atoms with Gasteiger partial charge in [-0.1, -0.05) is 44.2 Å². The summed E-state index contributed by atoms with van der Waals surface area (Å²) in [6, 6.07) is 11.8. The van der Waals surface area contributed by atoms with Crippen molar-refractivity contribution in [1.29, 1.82) is 5.26 Å². The first-order chi connectivity index (χ1) is 9.57. The summed E-state index contributed by atoms with van der Waals surface area (Å²) in [7, 11) is 0. The lowest BCUT2D eigenvalue weighted by atomic mass is 9.89. The van der Waals surface area contributed by atoms with Crippen molar-refractivity contribution in [3.8, 4) is 6.07 Å². The number of hydrogen-bond acceptors (Lipinski definition) is 3. The fraction of sp³-hybridized carbons (Fsp3) is 0.375. The first kappa shape index (κ1) is 14.3. The Labute approximate surface area is 119 Å². The van der Waals surface area contributed by atoms with Crippen LogP contribution in [0.25, 0.3) is 0 Å². The van der Waals surface area contributed by atoms with Crippen LogP contribution in [0.4, 0.5) is 0 Å². The summed E-state index contributed by atoms with van der Waals surface area (Å²) >= 11 is 0. The van der Waals surface area contributed by atoms with E-state index in [0.29, 0.717) is 18.9 Å². The van der Waals surface area contributed by atoms with E-state index in [2.05, 4.69) is 29.5 Å². The zero-order valence-electron chi connectivity index (χ0n) is 12.0. The number of imidazole rings is 1. The van der Waals surface area contributed by atoms with E-state index in [4.69, 9.17) is 5.73 Å². The number of benzene rings is 1. The lowest BCUT2D eigenvalue weighted by Crippen LogP contribution is -2.36. The van der Waals surface area contributed by atoms with Crippen LogP contribution < -0.4 is 5.73 Å². The highest BCUT2D eigenvalue weighted by Gasteiger charge is 2.27. The molecule has 0 aliphatic rings.